The van der Waals surface area contributed by atoms with Crippen LogP contribution in [0, 0.1) is 17.8 Å². The van der Waals surface area contributed by atoms with Crippen molar-refractivity contribution in [1.29, 1.82) is 0 Å². The summed E-state index contributed by atoms with van der Waals surface area (Å²) in [6.07, 6.45) is 2.19. The van der Waals surface area contributed by atoms with Crippen LogP contribution in [0.1, 0.15) is 40.5 Å². The minimum absolute atomic E-state index is 0.0211. The molecule has 1 aliphatic rings. The molecular formula is C19H33N5O5S. The van der Waals surface area contributed by atoms with Crippen molar-refractivity contribution in [2.24, 2.45) is 17.8 Å². The first-order valence-electron chi connectivity index (χ1n) is 10.2. The number of piperidine rings is 1. The third-order valence-corrected chi connectivity index (χ3v) is 6.32. The van der Waals surface area contributed by atoms with Crippen LogP contribution in [0.5, 0.6) is 0 Å². The number of aromatic amines is 1. The zero-order chi connectivity index (χ0) is 22.8. The first-order chi connectivity index (χ1) is 13.8. The van der Waals surface area contributed by atoms with E-state index in [4.69, 9.17) is 5.73 Å². The number of aromatic nitrogens is 2. The average molecular weight is 444 g/mol. The Morgan fingerprint density at radius 2 is 1.87 bits per heavy atom. The van der Waals surface area contributed by atoms with E-state index in [0.717, 1.165) is 6.26 Å². The summed E-state index contributed by atoms with van der Waals surface area (Å²) in [5, 5.41) is 0. The number of carbonyl (C=O) groups is 1. The van der Waals surface area contributed by atoms with Crippen molar-refractivity contribution in [1.82, 2.24) is 13.9 Å². The molecule has 0 aliphatic carbocycles. The van der Waals surface area contributed by atoms with Crippen molar-refractivity contribution < 1.29 is 13.2 Å². The number of anilines is 2. The first-order valence-corrected chi connectivity index (χ1v) is 12.1. The van der Waals surface area contributed by atoms with Gasteiger partial charge in [-0.1, -0.05) is 27.7 Å². The van der Waals surface area contributed by atoms with Gasteiger partial charge < -0.3 is 10.6 Å². The van der Waals surface area contributed by atoms with Gasteiger partial charge in [-0.2, -0.15) is 0 Å². The van der Waals surface area contributed by atoms with Crippen molar-refractivity contribution in [3.8, 4) is 0 Å². The molecule has 0 radical (unpaired) electrons. The maximum atomic E-state index is 13.4. The molecule has 10 nitrogen and oxygen atoms in total. The molecule has 1 unspecified atom stereocenters. The summed E-state index contributed by atoms with van der Waals surface area (Å²) in [6, 6.07) is 0. The predicted octanol–water partition coefficient (Wildman–Crippen LogP) is 0.435. The van der Waals surface area contributed by atoms with Crippen molar-refractivity contribution in [3.05, 3.63) is 20.8 Å². The molecule has 0 bridgehead atoms. The van der Waals surface area contributed by atoms with Gasteiger partial charge in [0.25, 0.3) is 5.56 Å². The lowest BCUT2D eigenvalue weighted by atomic mass is 9.97. The molecule has 1 saturated heterocycles. The van der Waals surface area contributed by atoms with Gasteiger partial charge in [-0.15, -0.1) is 0 Å². The molecule has 11 heteroatoms. The van der Waals surface area contributed by atoms with Crippen LogP contribution >= 0.6 is 0 Å². The van der Waals surface area contributed by atoms with Crippen molar-refractivity contribution in [2.75, 3.05) is 36.5 Å². The molecule has 1 fully saturated rings. The minimum Gasteiger partial charge on any atom is -0.383 e. The number of nitrogen functional groups attached to an aromatic ring is 1. The molecule has 2 heterocycles. The quantitative estimate of drug-likeness (QED) is 0.627. The van der Waals surface area contributed by atoms with Gasteiger partial charge in [-0.05, 0) is 24.7 Å². The lowest BCUT2D eigenvalue weighted by Gasteiger charge is -2.34. The van der Waals surface area contributed by atoms with Crippen LogP contribution < -0.4 is 21.9 Å². The van der Waals surface area contributed by atoms with Crippen LogP contribution in [-0.2, 0) is 21.4 Å². The van der Waals surface area contributed by atoms with E-state index in [1.807, 2.05) is 27.7 Å². The number of nitrogens with zero attached hydrogens (tertiary/aromatic N) is 3. The van der Waals surface area contributed by atoms with Crippen molar-refractivity contribution in [3.63, 3.8) is 0 Å². The highest BCUT2D eigenvalue weighted by molar-refractivity contribution is 7.88. The molecule has 1 aromatic rings. The summed E-state index contributed by atoms with van der Waals surface area (Å²) in [6.45, 7) is 8.58. The molecule has 3 N–H and O–H groups in total. The van der Waals surface area contributed by atoms with Crippen LogP contribution in [0.4, 0.5) is 11.5 Å². The predicted molar refractivity (Wildman–Crippen MR) is 117 cm³/mol. The highest BCUT2D eigenvalue weighted by Crippen LogP contribution is 2.26. The molecule has 0 aromatic carbocycles. The highest BCUT2D eigenvalue weighted by Gasteiger charge is 2.35. The minimum atomic E-state index is -3.42. The normalized spacial score (nSPS) is 18.2. The third kappa shape index (κ3) is 5.51. The van der Waals surface area contributed by atoms with Crippen molar-refractivity contribution >= 4 is 27.4 Å². The number of carbonyl (C=O) groups excluding carboxylic acids is 1. The highest BCUT2D eigenvalue weighted by atomic mass is 32.2. The van der Waals surface area contributed by atoms with Crippen LogP contribution in [0.2, 0.25) is 0 Å². The Morgan fingerprint density at radius 1 is 1.23 bits per heavy atom. The lowest BCUT2D eigenvalue weighted by molar-refractivity contribution is -0.123. The van der Waals surface area contributed by atoms with E-state index in [9.17, 15) is 22.8 Å². The summed E-state index contributed by atoms with van der Waals surface area (Å²) in [7, 11) is -3.42. The second kappa shape index (κ2) is 9.34. The van der Waals surface area contributed by atoms with Gasteiger partial charge in [0.1, 0.15) is 5.82 Å². The molecule has 1 aliphatic heterocycles. The van der Waals surface area contributed by atoms with Crippen LogP contribution in [0.15, 0.2) is 9.59 Å². The van der Waals surface area contributed by atoms with Gasteiger partial charge in [0, 0.05) is 26.2 Å². The Hall–Kier alpha value is -2.14. The zero-order valence-corrected chi connectivity index (χ0v) is 19.2. The molecule has 1 aromatic heterocycles. The topological polar surface area (TPSA) is 139 Å². The summed E-state index contributed by atoms with van der Waals surface area (Å²) >= 11 is 0. The van der Waals surface area contributed by atoms with Gasteiger partial charge in [0.2, 0.25) is 15.9 Å². The summed E-state index contributed by atoms with van der Waals surface area (Å²) in [5.74, 6) is -0.879. The second-order valence-electron chi connectivity index (χ2n) is 8.80. The van der Waals surface area contributed by atoms with E-state index in [2.05, 4.69) is 4.98 Å². The van der Waals surface area contributed by atoms with E-state index < -0.39 is 27.2 Å². The smallest absolute Gasteiger partial charge is 0.330 e. The van der Waals surface area contributed by atoms with E-state index in [1.54, 1.807) is 0 Å². The number of hydrogen-bond acceptors (Lipinski definition) is 6. The Labute approximate surface area is 177 Å². The molecule has 0 saturated carbocycles. The SMILES string of the molecule is CC(C)CN(C(=O)C1CCCN(S(C)(=O)=O)C1)c1c(N)n(CC(C)C)c(=O)[nH]c1=O. The van der Waals surface area contributed by atoms with Gasteiger partial charge in [-0.3, -0.25) is 19.1 Å². The van der Waals surface area contributed by atoms with Crippen LogP contribution in [0.25, 0.3) is 0 Å². The molecule has 0 spiro atoms. The Morgan fingerprint density at radius 3 is 2.40 bits per heavy atom. The summed E-state index contributed by atoms with van der Waals surface area (Å²) in [4.78, 5) is 42.0. The first kappa shape index (κ1) is 24.1. The maximum Gasteiger partial charge on any atom is 0.330 e. The second-order valence-corrected chi connectivity index (χ2v) is 10.8. The molecule has 30 heavy (non-hydrogen) atoms. The number of rotatable bonds is 7. The van der Waals surface area contributed by atoms with Gasteiger partial charge >= 0.3 is 5.69 Å². The van der Waals surface area contributed by atoms with E-state index in [1.165, 1.54) is 13.8 Å². The van der Waals surface area contributed by atoms with E-state index in [-0.39, 0.29) is 42.3 Å². The molecule has 1 amide bonds. The fourth-order valence-electron chi connectivity index (χ4n) is 3.71. The summed E-state index contributed by atoms with van der Waals surface area (Å²) in [5.41, 5.74) is 4.83. The molecule has 2 rings (SSSR count). The van der Waals surface area contributed by atoms with Crippen LogP contribution in [-0.4, -0.2) is 54.1 Å². The van der Waals surface area contributed by atoms with Gasteiger partial charge in [0.05, 0.1) is 12.2 Å². The Kier molecular flexibility index (Phi) is 7.51. The van der Waals surface area contributed by atoms with Crippen molar-refractivity contribution in [2.45, 2.75) is 47.1 Å². The number of nitrogens with two attached hydrogens (primary N) is 1. The average Bonchev–Trinajstić information content (AvgIpc) is 2.62. The third-order valence-electron chi connectivity index (χ3n) is 5.05. The Balaban J connectivity index is 2.51. The standard InChI is InChI=1S/C19H33N5O5S/c1-12(2)9-23(18(26)14-7-6-8-22(11-14)30(5,28)29)15-16(20)24(10-13(3)4)19(27)21-17(15)25/h12-14H,6-11,20H2,1-5H3,(H,21,25,27). The molecular weight excluding hydrogens is 410 g/mol. The lowest BCUT2D eigenvalue weighted by Crippen LogP contribution is -2.49. The van der Waals surface area contributed by atoms with E-state index >= 15 is 0 Å². The fraction of sp³-hybridized carbons (Fsp3) is 0.737. The maximum absolute atomic E-state index is 13.4. The van der Waals surface area contributed by atoms with Gasteiger partial charge in [-0.25, -0.2) is 17.5 Å². The number of sulfonamides is 1. The molecule has 1 atom stereocenters. The fourth-order valence-corrected chi connectivity index (χ4v) is 4.62. The van der Waals surface area contributed by atoms with E-state index in [0.29, 0.717) is 25.9 Å². The van der Waals surface area contributed by atoms with Crippen LogP contribution in [0.3, 0.4) is 0 Å². The Bertz CT molecular complexity index is 996. The van der Waals surface area contributed by atoms with Gasteiger partial charge in [0.15, 0.2) is 5.69 Å². The number of hydrogen-bond donors (Lipinski definition) is 2. The molecule has 170 valence electrons. The number of nitrogens with one attached hydrogen (secondary N) is 1. The zero-order valence-electron chi connectivity index (χ0n) is 18.3. The number of H-pyrrole nitrogens is 1. The monoisotopic (exact) mass is 443 g/mol. The number of amides is 1. The summed E-state index contributed by atoms with van der Waals surface area (Å²) < 4.78 is 26.5. The largest absolute Gasteiger partial charge is 0.383 e.